The van der Waals surface area contributed by atoms with E-state index in [4.69, 9.17) is 9.72 Å². The highest BCUT2D eigenvalue weighted by Gasteiger charge is 2.29. The van der Waals surface area contributed by atoms with Gasteiger partial charge in [0.1, 0.15) is 17.6 Å². The number of nitrogens with zero attached hydrogens (tertiary/aromatic N) is 5. The normalized spacial score (nSPS) is 19.3. The highest BCUT2D eigenvalue weighted by molar-refractivity contribution is 5.81. The third-order valence-corrected chi connectivity index (χ3v) is 6.58. The second-order valence-electron chi connectivity index (χ2n) is 8.92. The van der Waals surface area contributed by atoms with Gasteiger partial charge in [0.25, 0.3) is 5.91 Å². The third kappa shape index (κ3) is 4.32. The molecule has 0 spiro atoms. The van der Waals surface area contributed by atoms with Gasteiger partial charge >= 0.3 is 0 Å². The zero-order valence-electron chi connectivity index (χ0n) is 19.7. The maximum Gasteiger partial charge on any atom is 0.253 e. The lowest BCUT2D eigenvalue weighted by Gasteiger charge is -2.37. The molecule has 0 aromatic carbocycles. The first-order chi connectivity index (χ1) is 16.0. The Balaban J connectivity index is 1.32. The van der Waals surface area contributed by atoms with Crippen molar-refractivity contribution in [2.24, 2.45) is 0 Å². The van der Waals surface area contributed by atoms with Crippen LogP contribution in [0.5, 0.6) is 0 Å². The number of piperazine rings is 1. The van der Waals surface area contributed by atoms with E-state index < -0.39 is 0 Å². The molecule has 3 aromatic heterocycles. The van der Waals surface area contributed by atoms with E-state index in [1.54, 1.807) is 0 Å². The van der Waals surface area contributed by atoms with E-state index in [1.807, 2.05) is 11.8 Å². The summed E-state index contributed by atoms with van der Waals surface area (Å²) in [6, 6.07) is 6.49. The molecule has 33 heavy (non-hydrogen) atoms. The van der Waals surface area contributed by atoms with Gasteiger partial charge in [-0.05, 0) is 44.0 Å². The summed E-state index contributed by atoms with van der Waals surface area (Å²) in [5.74, 6) is 1.08. The predicted octanol–water partition coefficient (Wildman–Crippen LogP) is 2.21. The standard InChI is InChI=1S/C25H32N6O2/c1-4-21-20(19-13-17(2)24-27-18(3)15-31(24)16-19)5-6-23(28-21)29-8-10-30(11-9-29)25(32)22-14-26-7-12-33-22/h5-6,13,15-16,22,26H,4,7-12,14H2,1-3H3. The number of rotatable bonds is 4. The van der Waals surface area contributed by atoms with Crippen LogP contribution < -0.4 is 10.2 Å². The molecule has 0 saturated carbocycles. The Kier molecular flexibility index (Phi) is 6.03. The van der Waals surface area contributed by atoms with Crippen molar-refractivity contribution < 1.29 is 9.53 Å². The summed E-state index contributed by atoms with van der Waals surface area (Å²) in [4.78, 5) is 26.6. The van der Waals surface area contributed by atoms with Crippen LogP contribution >= 0.6 is 0 Å². The van der Waals surface area contributed by atoms with Gasteiger partial charge in [-0.25, -0.2) is 9.97 Å². The van der Waals surface area contributed by atoms with E-state index in [-0.39, 0.29) is 12.0 Å². The van der Waals surface area contributed by atoms with E-state index in [1.165, 1.54) is 0 Å². The number of carbonyl (C=O) groups excluding carboxylic acids is 1. The number of pyridine rings is 2. The number of ether oxygens (including phenoxy) is 1. The van der Waals surface area contributed by atoms with Gasteiger partial charge in [-0.1, -0.05) is 6.92 Å². The molecule has 2 fully saturated rings. The Labute approximate surface area is 194 Å². The minimum Gasteiger partial charge on any atom is -0.366 e. The number of hydrogen-bond acceptors (Lipinski definition) is 6. The zero-order chi connectivity index (χ0) is 22.9. The molecule has 2 aliphatic heterocycles. The average Bonchev–Trinajstić information content (AvgIpc) is 3.24. The minimum absolute atomic E-state index is 0.0971. The first-order valence-corrected chi connectivity index (χ1v) is 11.9. The molecule has 8 nitrogen and oxygen atoms in total. The topological polar surface area (TPSA) is 75.0 Å². The van der Waals surface area contributed by atoms with Crippen LogP contribution in [-0.2, 0) is 16.0 Å². The van der Waals surface area contributed by atoms with Crippen molar-refractivity contribution in [3.8, 4) is 11.1 Å². The van der Waals surface area contributed by atoms with Crippen LogP contribution in [0.15, 0.2) is 30.6 Å². The number of carbonyl (C=O) groups is 1. The Bertz CT molecular complexity index is 1160. The number of morpholine rings is 1. The maximum absolute atomic E-state index is 12.7. The first-order valence-electron chi connectivity index (χ1n) is 11.9. The van der Waals surface area contributed by atoms with E-state index >= 15 is 0 Å². The molecule has 0 radical (unpaired) electrons. The molecule has 5 heterocycles. The van der Waals surface area contributed by atoms with Crippen molar-refractivity contribution in [2.45, 2.75) is 33.3 Å². The fourth-order valence-electron chi connectivity index (χ4n) is 4.82. The van der Waals surface area contributed by atoms with Crippen molar-refractivity contribution in [1.29, 1.82) is 0 Å². The van der Waals surface area contributed by atoms with Crippen LogP contribution in [0.4, 0.5) is 5.82 Å². The molecule has 174 valence electrons. The molecule has 5 rings (SSSR count). The number of fused-ring (bicyclic) bond motifs is 1. The van der Waals surface area contributed by atoms with Crippen LogP contribution in [-0.4, -0.2) is 77.2 Å². The number of hydrogen-bond donors (Lipinski definition) is 1. The van der Waals surface area contributed by atoms with E-state index in [0.29, 0.717) is 26.2 Å². The molecular formula is C25H32N6O2. The molecule has 1 atom stereocenters. The highest BCUT2D eigenvalue weighted by Crippen LogP contribution is 2.28. The zero-order valence-corrected chi connectivity index (χ0v) is 19.7. The molecule has 0 bridgehead atoms. The van der Waals surface area contributed by atoms with Crippen LogP contribution in [0.3, 0.4) is 0 Å². The molecule has 1 unspecified atom stereocenters. The molecule has 0 aliphatic carbocycles. The number of anilines is 1. The Morgan fingerprint density at radius 1 is 1.15 bits per heavy atom. The number of imidazole rings is 1. The molecule has 8 heteroatoms. The van der Waals surface area contributed by atoms with Crippen LogP contribution in [0.25, 0.3) is 16.8 Å². The lowest BCUT2D eigenvalue weighted by atomic mass is 10.0. The fourth-order valence-corrected chi connectivity index (χ4v) is 4.82. The van der Waals surface area contributed by atoms with E-state index in [0.717, 1.165) is 65.6 Å². The Hall–Kier alpha value is -2.97. The predicted molar refractivity (Wildman–Crippen MR) is 129 cm³/mol. The van der Waals surface area contributed by atoms with E-state index in [2.05, 4.69) is 64.0 Å². The number of nitrogens with one attached hydrogen (secondary N) is 1. The quantitative estimate of drug-likeness (QED) is 0.660. The summed E-state index contributed by atoms with van der Waals surface area (Å²) >= 11 is 0. The lowest BCUT2D eigenvalue weighted by molar-refractivity contribution is -0.145. The average molecular weight is 449 g/mol. The number of aryl methyl sites for hydroxylation is 3. The van der Waals surface area contributed by atoms with Crippen molar-refractivity contribution in [3.05, 3.63) is 47.5 Å². The van der Waals surface area contributed by atoms with Gasteiger partial charge in [-0.15, -0.1) is 0 Å². The minimum atomic E-state index is -0.352. The van der Waals surface area contributed by atoms with Gasteiger partial charge in [0.15, 0.2) is 0 Å². The highest BCUT2D eigenvalue weighted by atomic mass is 16.5. The van der Waals surface area contributed by atoms with Gasteiger partial charge in [0.2, 0.25) is 0 Å². The van der Waals surface area contributed by atoms with Crippen LogP contribution in [0.2, 0.25) is 0 Å². The lowest BCUT2D eigenvalue weighted by Crippen LogP contribution is -2.55. The fraction of sp³-hybridized carbons (Fsp3) is 0.480. The van der Waals surface area contributed by atoms with Gasteiger partial charge < -0.3 is 24.3 Å². The first kappa shape index (κ1) is 21.9. The second-order valence-corrected chi connectivity index (χ2v) is 8.92. The van der Waals surface area contributed by atoms with Crippen molar-refractivity contribution >= 4 is 17.4 Å². The van der Waals surface area contributed by atoms with Crippen LogP contribution in [0.1, 0.15) is 23.9 Å². The molecular weight excluding hydrogens is 416 g/mol. The summed E-state index contributed by atoms with van der Waals surface area (Å²) in [5.41, 5.74) is 6.58. The third-order valence-electron chi connectivity index (χ3n) is 6.58. The number of aromatic nitrogens is 3. The molecule has 3 aromatic rings. The van der Waals surface area contributed by atoms with Gasteiger partial charge in [-0.2, -0.15) is 0 Å². The summed E-state index contributed by atoms with van der Waals surface area (Å²) in [6.07, 6.45) is 4.71. The Morgan fingerprint density at radius 2 is 1.97 bits per heavy atom. The SMILES string of the molecule is CCc1nc(N2CCN(C(=O)C3CNCCO3)CC2)ccc1-c1cc(C)c2nc(C)cn2c1. The van der Waals surface area contributed by atoms with Gasteiger partial charge in [0.05, 0.1) is 18.0 Å². The molecule has 2 saturated heterocycles. The maximum atomic E-state index is 12.7. The van der Waals surface area contributed by atoms with Crippen LogP contribution in [0, 0.1) is 13.8 Å². The summed E-state index contributed by atoms with van der Waals surface area (Å²) < 4.78 is 7.75. The van der Waals surface area contributed by atoms with Crippen molar-refractivity contribution in [2.75, 3.05) is 50.8 Å². The van der Waals surface area contributed by atoms with Crippen molar-refractivity contribution in [3.63, 3.8) is 0 Å². The Morgan fingerprint density at radius 3 is 2.70 bits per heavy atom. The monoisotopic (exact) mass is 448 g/mol. The van der Waals surface area contributed by atoms with Gasteiger partial charge in [-0.3, -0.25) is 4.79 Å². The molecule has 2 aliphatic rings. The summed E-state index contributed by atoms with van der Waals surface area (Å²) in [6.45, 7) is 11.2. The smallest absolute Gasteiger partial charge is 0.253 e. The van der Waals surface area contributed by atoms with Gasteiger partial charge in [0, 0.05) is 62.8 Å². The van der Waals surface area contributed by atoms with E-state index in [9.17, 15) is 4.79 Å². The largest absolute Gasteiger partial charge is 0.366 e. The van der Waals surface area contributed by atoms with Crippen molar-refractivity contribution in [1.82, 2.24) is 24.6 Å². The molecule has 1 N–H and O–H groups in total. The summed E-state index contributed by atoms with van der Waals surface area (Å²) in [5, 5.41) is 3.24. The second kappa shape index (κ2) is 9.11. The number of amides is 1. The summed E-state index contributed by atoms with van der Waals surface area (Å²) in [7, 11) is 0. The molecule has 1 amide bonds.